The lowest BCUT2D eigenvalue weighted by Crippen LogP contribution is -2.18. The van der Waals surface area contributed by atoms with E-state index in [2.05, 4.69) is 20.6 Å². The number of pyridine rings is 1. The lowest BCUT2D eigenvalue weighted by Gasteiger charge is -2.07. The van der Waals surface area contributed by atoms with Crippen LogP contribution < -0.4 is 10.6 Å². The molecule has 0 unspecified atom stereocenters. The van der Waals surface area contributed by atoms with E-state index in [1.54, 1.807) is 31.6 Å². The van der Waals surface area contributed by atoms with E-state index >= 15 is 0 Å². The number of ether oxygens (including phenoxy) is 1. The van der Waals surface area contributed by atoms with Crippen LogP contribution in [0.5, 0.6) is 0 Å². The second-order valence-electron chi connectivity index (χ2n) is 4.18. The summed E-state index contributed by atoms with van der Waals surface area (Å²) in [7, 11) is 3.66. The molecule has 2 heterocycles. The van der Waals surface area contributed by atoms with E-state index in [0.29, 0.717) is 12.3 Å². The molecule has 0 saturated carbocycles. The Morgan fingerprint density at radius 3 is 2.85 bits per heavy atom. The minimum absolute atomic E-state index is 0.0271. The van der Waals surface area contributed by atoms with Crippen LogP contribution >= 0.6 is 0 Å². The molecule has 2 rings (SSSR count). The van der Waals surface area contributed by atoms with Crippen molar-refractivity contribution in [2.24, 2.45) is 7.05 Å². The summed E-state index contributed by atoms with van der Waals surface area (Å²) in [5.41, 5.74) is 0.634. The van der Waals surface area contributed by atoms with Gasteiger partial charge in [0, 0.05) is 26.5 Å². The summed E-state index contributed by atoms with van der Waals surface area (Å²) in [5, 5.41) is 5.61. The quantitative estimate of drug-likeness (QED) is 0.822. The highest BCUT2D eigenvalue weighted by Gasteiger charge is 2.05. The Hall–Kier alpha value is -2.41. The molecule has 20 heavy (non-hydrogen) atoms. The minimum Gasteiger partial charge on any atom is -0.373 e. The highest BCUT2D eigenvalue weighted by molar-refractivity contribution is 5.91. The first-order valence-corrected chi connectivity index (χ1v) is 6.16. The maximum absolute atomic E-state index is 11.7. The second-order valence-corrected chi connectivity index (χ2v) is 4.18. The van der Waals surface area contributed by atoms with E-state index in [4.69, 9.17) is 4.74 Å². The number of rotatable bonds is 6. The summed E-state index contributed by atoms with van der Waals surface area (Å²) in [6, 6.07) is 3.56. The maximum Gasteiger partial charge on any atom is 0.250 e. The molecule has 2 N–H and O–H groups in total. The fraction of sp³-hybridized carbons (Fsp3) is 0.308. The van der Waals surface area contributed by atoms with E-state index < -0.39 is 0 Å². The Balaban J connectivity index is 1.76. The fourth-order valence-corrected chi connectivity index (χ4v) is 1.58. The van der Waals surface area contributed by atoms with Gasteiger partial charge in [-0.15, -0.1) is 0 Å². The van der Waals surface area contributed by atoms with E-state index in [-0.39, 0.29) is 12.5 Å². The monoisotopic (exact) mass is 275 g/mol. The van der Waals surface area contributed by atoms with Gasteiger partial charge in [-0.05, 0) is 12.1 Å². The Labute approximate surface area is 117 Å². The number of hydrogen-bond acceptors (Lipinski definition) is 5. The highest BCUT2D eigenvalue weighted by atomic mass is 16.5. The van der Waals surface area contributed by atoms with Crippen LogP contribution in [0.3, 0.4) is 0 Å². The number of hydrogen-bond donors (Lipinski definition) is 2. The van der Waals surface area contributed by atoms with Gasteiger partial charge in [0.1, 0.15) is 24.9 Å². The Bertz CT molecular complexity index is 564. The summed E-state index contributed by atoms with van der Waals surface area (Å²) in [4.78, 5) is 19.9. The van der Waals surface area contributed by atoms with Crippen LogP contribution in [0, 0.1) is 0 Å². The standard InChI is InChI=1S/C13H17N5O2/c1-14-11-4-3-10(7-16-11)17-13(19)9-20-8-12-15-5-6-18(12)2/h3-7H,8-9H2,1-2H3,(H,14,16)(H,17,19). The van der Waals surface area contributed by atoms with Crippen LogP contribution in [-0.2, 0) is 23.2 Å². The van der Waals surface area contributed by atoms with Gasteiger partial charge in [0.15, 0.2) is 0 Å². The topological polar surface area (TPSA) is 81.1 Å². The van der Waals surface area contributed by atoms with Crippen molar-refractivity contribution in [2.75, 3.05) is 24.3 Å². The first-order valence-electron chi connectivity index (χ1n) is 6.16. The summed E-state index contributed by atoms with van der Waals surface area (Å²) in [5.74, 6) is 1.30. The summed E-state index contributed by atoms with van der Waals surface area (Å²) < 4.78 is 7.16. The zero-order valence-corrected chi connectivity index (χ0v) is 11.5. The fourth-order valence-electron chi connectivity index (χ4n) is 1.58. The van der Waals surface area contributed by atoms with E-state index in [9.17, 15) is 4.79 Å². The van der Waals surface area contributed by atoms with E-state index in [1.165, 1.54) is 0 Å². The number of imidazole rings is 1. The number of anilines is 2. The summed E-state index contributed by atoms with van der Waals surface area (Å²) >= 11 is 0. The van der Waals surface area contributed by atoms with E-state index in [0.717, 1.165) is 11.6 Å². The number of carbonyl (C=O) groups excluding carboxylic acids is 1. The van der Waals surface area contributed by atoms with Gasteiger partial charge < -0.3 is 19.9 Å². The number of aromatic nitrogens is 3. The van der Waals surface area contributed by atoms with Crippen molar-refractivity contribution in [1.29, 1.82) is 0 Å². The number of carbonyl (C=O) groups is 1. The molecule has 0 spiro atoms. The predicted octanol–water partition coefficient (Wildman–Crippen LogP) is 1.01. The first-order chi connectivity index (χ1) is 9.69. The molecule has 0 radical (unpaired) electrons. The van der Waals surface area contributed by atoms with Gasteiger partial charge in [0.05, 0.1) is 11.9 Å². The molecule has 2 aromatic heterocycles. The molecule has 7 nitrogen and oxygen atoms in total. The van der Waals surface area contributed by atoms with Crippen LogP contribution in [-0.4, -0.2) is 34.1 Å². The zero-order valence-electron chi connectivity index (χ0n) is 11.5. The normalized spacial score (nSPS) is 10.3. The molecule has 0 aliphatic rings. The number of aryl methyl sites for hydroxylation is 1. The molecule has 7 heteroatoms. The molecule has 0 aliphatic carbocycles. The van der Waals surface area contributed by atoms with Crippen molar-refractivity contribution in [3.05, 3.63) is 36.5 Å². The number of nitrogens with zero attached hydrogens (tertiary/aromatic N) is 3. The van der Waals surface area contributed by atoms with Crippen molar-refractivity contribution < 1.29 is 9.53 Å². The van der Waals surface area contributed by atoms with Gasteiger partial charge in [0.2, 0.25) is 5.91 Å². The molecule has 106 valence electrons. The zero-order chi connectivity index (χ0) is 14.4. The van der Waals surface area contributed by atoms with Crippen molar-refractivity contribution in [3.8, 4) is 0 Å². The summed E-state index contributed by atoms with van der Waals surface area (Å²) in [6.45, 7) is 0.272. The van der Waals surface area contributed by atoms with Gasteiger partial charge in [0.25, 0.3) is 0 Å². The van der Waals surface area contributed by atoms with Gasteiger partial charge in [-0.2, -0.15) is 0 Å². The van der Waals surface area contributed by atoms with Gasteiger partial charge in [-0.1, -0.05) is 0 Å². The van der Waals surface area contributed by atoms with Gasteiger partial charge in [-0.3, -0.25) is 4.79 Å². The smallest absolute Gasteiger partial charge is 0.250 e. The predicted molar refractivity (Wildman–Crippen MR) is 75.3 cm³/mol. The summed E-state index contributed by atoms with van der Waals surface area (Å²) in [6.07, 6.45) is 5.10. The van der Waals surface area contributed by atoms with Crippen LogP contribution in [0.2, 0.25) is 0 Å². The molecule has 1 amide bonds. The lowest BCUT2D eigenvalue weighted by atomic mass is 10.4. The van der Waals surface area contributed by atoms with Crippen LogP contribution in [0.25, 0.3) is 0 Å². The van der Waals surface area contributed by atoms with Crippen LogP contribution in [0.1, 0.15) is 5.82 Å². The van der Waals surface area contributed by atoms with Gasteiger partial charge >= 0.3 is 0 Å². The highest BCUT2D eigenvalue weighted by Crippen LogP contribution is 2.08. The molecule has 0 saturated heterocycles. The van der Waals surface area contributed by atoms with Crippen molar-refractivity contribution >= 4 is 17.4 Å². The third kappa shape index (κ3) is 3.79. The van der Waals surface area contributed by atoms with Crippen molar-refractivity contribution in [2.45, 2.75) is 6.61 Å². The third-order valence-electron chi connectivity index (χ3n) is 2.69. The van der Waals surface area contributed by atoms with Crippen LogP contribution in [0.15, 0.2) is 30.7 Å². The average molecular weight is 275 g/mol. The first kappa shape index (κ1) is 14.0. The number of nitrogens with one attached hydrogen (secondary N) is 2. The molecular formula is C13H17N5O2. The Kier molecular flexibility index (Phi) is 4.67. The Morgan fingerprint density at radius 2 is 2.25 bits per heavy atom. The molecule has 0 fully saturated rings. The lowest BCUT2D eigenvalue weighted by molar-refractivity contribution is -0.121. The van der Waals surface area contributed by atoms with Crippen molar-refractivity contribution in [3.63, 3.8) is 0 Å². The minimum atomic E-state index is -0.224. The molecule has 0 aromatic carbocycles. The maximum atomic E-state index is 11.7. The average Bonchev–Trinajstić information content (AvgIpc) is 2.85. The Morgan fingerprint density at radius 1 is 1.40 bits per heavy atom. The molecule has 0 bridgehead atoms. The number of amides is 1. The van der Waals surface area contributed by atoms with Gasteiger partial charge in [-0.25, -0.2) is 9.97 Å². The molecule has 2 aromatic rings. The molecule has 0 aliphatic heterocycles. The van der Waals surface area contributed by atoms with E-state index in [1.807, 2.05) is 17.8 Å². The SMILES string of the molecule is CNc1ccc(NC(=O)COCc2nccn2C)cn1. The molecular weight excluding hydrogens is 258 g/mol. The van der Waals surface area contributed by atoms with Crippen molar-refractivity contribution in [1.82, 2.24) is 14.5 Å². The van der Waals surface area contributed by atoms with Crippen LogP contribution in [0.4, 0.5) is 11.5 Å². The third-order valence-corrected chi connectivity index (χ3v) is 2.69. The molecule has 0 atom stereocenters. The largest absolute Gasteiger partial charge is 0.373 e. The second kappa shape index (κ2) is 6.67.